The molecule has 2 N–H and O–H groups in total. The average molecular weight is 287 g/mol. The molecule has 1 atom stereocenters. The van der Waals surface area contributed by atoms with E-state index in [0.717, 1.165) is 31.3 Å². The number of aliphatic hydroxyl groups excluding tert-OH is 1. The Kier molecular flexibility index (Phi) is 5.50. The molecule has 0 radical (unpaired) electrons. The second-order valence-corrected chi connectivity index (χ2v) is 5.64. The van der Waals surface area contributed by atoms with Crippen molar-refractivity contribution in [3.63, 3.8) is 0 Å². The highest BCUT2D eigenvalue weighted by Gasteiger charge is 2.41. The fourth-order valence-electron chi connectivity index (χ4n) is 1.97. The normalized spacial score (nSPS) is 18.2. The SMILES string of the molecule is COCCC1(CNCC(O)COc2cnsn2)CC1. The standard InChI is InChI=1S/C12H21N3O3S/c1-17-5-4-12(2-3-12)9-13-6-10(16)8-18-11-7-14-19-15-11/h7,10,13,16H,2-6,8-9H2,1H3. The van der Waals surface area contributed by atoms with Crippen molar-refractivity contribution in [2.24, 2.45) is 5.41 Å². The summed E-state index contributed by atoms with van der Waals surface area (Å²) in [5.41, 5.74) is 0.398. The summed E-state index contributed by atoms with van der Waals surface area (Å²) in [4.78, 5) is 0. The molecule has 0 aliphatic heterocycles. The number of nitrogens with zero attached hydrogens (tertiary/aromatic N) is 2. The van der Waals surface area contributed by atoms with Crippen molar-refractivity contribution in [1.82, 2.24) is 14.1 Å². The molecular formula is C12H21N3O3S. The molecule has 19 heavy (non-hydrogen) atoms. The van der Waals surface area contributed by atoms with E-state index in [1.165, 1.54) is 12.8 Å². The third kappa shape index (κ3) is 5.02. The van der Waals surface area contributed by atoms with Crippen LogP contribution in [0.4, 0.5) is 0 Å². The van der Waals surface area contributed by atoms with E-state index < -0.39 is 6.10 Å². The van der Waals surface area contributed by atoms with Crippen molar-refractivity contribution in [2.45, 2.75) is 25.4 Å². The Bertz CT molecular complexity index is 357. The summed E-state index contributed by atoms with van der Waals surface area (Å²) in [7, 11) is 1.73. The number of methoxy groups -OCH3 is 1. The minimum Gasteiger partial charge on any atom is -0.473 e. The monoisotopic (exact) mass is 287 g/mol. The van der Waals surface area contributed by atoms with Gasteiger partial charge in [0.15, 0.2) is 0 Å². The molecule has 0 aromatic carbocycles. The zero-order valence-corrected chi connectivity index (χ0v) is 12.0. The Morgan fingerprint density at radius 2 is 2.42 bits per heavy atom. The number of nitrogens with one attached hydrogen (secondary N) is 1. The maximum atomic E-state index is 9.78. The molecule has 1 fully saturated rings. The van der Waals surface area contributed by atoms with Crippen molar-refractivity contribution in [3.05, 3.63) is 6.20 Å². The summed E-state index contributed by atoms with van der Waals surface area (Å²) in [6, 6.07) is 0. The quantitative estimate of drug-likeness (QED) is 0.659. The summed E-state index contributed by atoms with van der Waals surface area (Å²) in [6.45, 7) is 2.52. The first-order valence-corrected chi connectivity index (χ1v) is 7.25. The minimum atomic E-state index is -0.528. The third-order valence-electron chi connectivity index (χ3n) is 3.44. The van der Waals surface area contributed by atoms with Gasteiger partial charge in [-0.3, -0.25) is 0 Å². The van der Waals surface area contributed by atoms with Gasteiger partial charge in [-0.2, -0.15) is 4.37 Å². The van der Waals surface area contributed by atoms with Crippen LogP contribution < -0.4 is 10.1 Å². The Labute approximate surface area is 117 Å². The summed E-state index contributed by atoms with van der Waals surface area (Å²) in [5, 5.41) is 13.1. The molecule has 1 aliphatic carbocycles. The van der Waals surface area contributed by atoms with E-state index in [9.17, 15) is 5.11 Å². The van der Waals surface area contributed by atoms with E-state index >= 15 is 0 Å². The zero-order valence-electron chi connectivity index (χ0n) is 11.2. The highest BCUT2D eigenvalue weighted by molar-refractivity contribution is 6.99. The van der Waals surface area contributed by atoms with Crippen LogP contribution in [0.1, 0.15) is 19.3 Å². The smallest absolute Gasteiger partial charge is 0.245 e. The molecule has 7 heteroatoms. The number of aromatic nitrogens is 2. The van der Waals surface area contributed by atoms with Gasteiger partial charge in [-0.05, 0) is 24.7 Å². The average Bonchev–Trinajstić information content (AvgIpc) is 2.98. The number of aliphatic hydroxyl groups is 1. The lowest BCUT2D eigenvalue weighted by atomic mass is 10.0. The summed E-state index contributed by atoms with van der Waals surface area (Å²) < 4.78 is 18.2. The van der Waals surface area contributed by atoms with Gasteiger partial charge < -0.3 is 19.9 Å². The van der Waals surface area contributed by atoms with E-state index in [2.05, 4.69) is 14.1 Å². The largest absolute Gasteiger partial charge is 0.473 e. The van der Waals surface area contributed by atoms with E-state index in [0.29, 0.717) is 17.8 Å². The lowest BCUT2D eigenvalue weighted by Gasteiger charge is -2.17. The van der Waals surface area contributed by atoms with Crippen LogP contribution in [0.5, 0.6) is 5.88 Å². The maximum Gasteiger partial charge on any atom is 0.245 e. The summed E-state index contributed by atoms with van der Waals surface area (Å²) >= 11 is 1.09. The summed E-state index contributed by atoms with van der Waals surface area (Å²) in [5.74, 6) is 0.475. The molecule has 1 aromatic heterocycles. The molecule has 1 aromatic rings. The first kappa shape index (κ1) is 14.6. The van der Waals surface area contributed by atoms with Crippen LogP contribution in [0.3, 0.4) is 0 Å². The van der Waals surface area contributed by atoms with Gasteiger partial charge in [0.2, 0.25) is 5.88 Å². The third-order valence-corrected chi connectivity index (χ3v) is 3.90. The predicted molar refractivity (Wildman–Crippen MR) is 72.4 cm³/mol. The first-order chi connectivity index (χ1) is 9.24. The van der Waals surface area contributed by atoms with Gasteiger partial charge >= 0.3 is 0 Å². The van der Waals surface area contributed by atoms with Crippen molar-refractivity contribution in [3.8, 4) is 5.88 Å². The zero-order chi connectivity index (χ0) is 13.6. The second kappa shape index (κ2) is 7.14. The molecule has 0 bridgehead atoms. The lowest BCUT2D eigenvalue weighted by Crippen LogP contribution is -2.35. The van der Waals surface area contributed by atoms with Gasteiger partial charge in [0, 0.05) is 26.8 Å². The van der Waals surface area contributed by atoms with Crippen LogP contribution in [0.15, 0.2) is 6.20 Å². The number of rotatable bonds is 10. The van der Waals surface area contributed by atoms with Crippen LogP contribution in [-0.4, -0.2) is 53.4 Å². The van der Waals surface area contributed by atoms with Gasteiger partial charge in [-0.25, -0.2) is 0 Å². The van der Waals surface area contributed by atoms with E-state index in [4.69, 9.17) is 9.47 Å². The van der Waals surface area contributed by atoms with E-state index in [-0.39, 0.29) is 6.61 Å². The van der Waals surface area contributed by atoms with Crippen molar-refractivity contribution >= 4 is 11.7 Å². The Morgan fingerprint density at radius 3 is 3.05 bits per heavy atom. The van der Waals surface area contributed by atoms with Crippen LogP contribution in [0.2, 0.25) is 0 Å². The fraction of sp³-hybridized carbons (Fsp3) is 0.833. The molecular weight excluding hydrogens is 266 g/mol. The number of hydrogen-bond donors (Lipinski definition) is 2. The molecule has 2 rings (SSSR count). The van der Waals surface area contributed by atoms with Crippen molar-refractivity contribution in [1.29, 1.82) is 0 Å². The predicted octanol–water partition coefficient (Wildman–Crippen LogP) is 0.684. The topological polar surface area (TPSA) is 76.5 Å². The number of hydrogen-bond acceptors (Lipinski definition) is 7. The Balaban J connectivity index is 1.55. The first-order valence-electron chi connectivity index (χ1n) is 6.52. The van der Waals surface area contributed by atoms with E-state index in [1.807, 2.05) is 0 Å². The van der Waals surface area contributed by atoms with Crippen molar-refractivity contribution < 1.29 is 14.6 Å². The maximum absolute atomic E-state index is 9.78. The molecule has 1 unspecified atom stereocenters. The van der Waals surface area contributed by atoms with Gasteiger partial charge in [0.1, 0.15) is 18.9 Å². The van der Waals surface area contributed by atoms with E-state index in [1.54, 1.807) is 13.3 Å². The molecule has 0 saturated heterocycles. The van der Waals surface area contributed by atoms with Crippen LogP contribution in [0, 0.1) is 5.41 Å². The van der Waals surface area contributed by atoms with Gasteiger partial charge in [-0.1, -0.05) is 0 Å². The van der Waals surface area contributed by atoms with Crippen molar-refractivity contribution in [2.75, 3.05) is 33.4 Å². The van der Waals surface area contributed by atoms with Crippen LogP contribution >= 0.6 is 11.7 Å². The molecule has 1 saturated carbocycles. The minimum absolute atomic E-state index is 0.240. The molecule has 1 heterocycles. The molecule has 108 valence electrons. The van der Waals surface area contributed by atoms with Gasteiger partial charge in [0.25, 0.3) is 0 Å². The Morgan fingerprint density at radius 1 is 1.58 bits per heavy atom. The highest BCUT2D eigenvalue weighted by Crippen LogP contribution is 2.48. The van der Waals surface area contributed by atoms with Crippen LogP contribution in [0.25, 0.3) is 0 Å². The highest BCUT2D eigenvalue weighted by atomic mass is 32.1. The molecule has 1 aliphatic rings. The fourth-order valence-corrected chi connectivity index (χ4v) is 2.34. The van der Waals surface area contributed by atoms with Gasteiger partial charge in [-0.15, -0.1) is 4.37 Å². The van der Waals surface area contributed by atoms with Gasteiger partial charge in [0.05, 0.1) is 11.7 Å². The Hall–Kier alpha value is -0.760. The second-order valence-electron chi connectivity index (χ2n) is 5.08. The lowest BCUT2D eigenvalue weighted by molar-refractivity contribution is 0.102. The molecule has 0 spiro atoms. The molecule has 0 amide bonds. The summed E-state index contributed by atoms with van der Waals surface area (Å²) in [6.07, 6.45) is 4.61. The van der Waals surface area contributed by atoms with Crippen LogP contribution in [-0.2, 0) is 4.74 Å². The molecule has 6 nitrogen and oxygen atoms in total. The number of ether oxygens (including phenoxy) is 2.